The third-order valence-corrected chi connectivity index (χ3v) is 8.42. The number of nitrogens with zero attached hydrogens (tertiary/aromatic N) is 4. The van der Waals surface area contributed by atoms with E-state index in [2.05, 4.69) is 14.9 Å². The predicted molar refractivity (Wildman–Crippen MR) is 164 cm³/mol. The number of amidine groups is 1. The lowest BCUT2D eigenvalue weighted by Gasteiger charge is -2.32. The maximum absolute atomic E-state index is 13.3. The van der Waals surface area contributed by atoms with Gasteiger partial charge in [-0.1, -0.05) is 42.0 Å². The molecule has 4 rings (SSSR count). The highest BCUT2D eigenvalue weighted by Gasteiger charge is 2.27. The number of nitrogens with two attached hydrogens (primary N) is 1. The summed E-state index contributed by atoms with van der Waals surface area (Å²) in [5.41, 5.74) is 7.13. The number of rotatable bonds is 12. The van der Waals surface area contributed by atoms with Crippen molar-refractivity contribution < 1.29 is 22.7 Å². The summed E-state index contributed by atoms with van der Waals surface area (Å²) in [6.45, 7) is 3.05. The van der Waals surface area contributed by atoms with E-state index in [1.807, 2.05) is 0 Å². The van der Waals surface area contributed by atoms with Gasteiger partial charge in [-0.25, -0.2) is 18.4 Å². The van der Waals surface area contributed by atoms with Crippen LogP contribution in [0.5, 0.6) is 5.75 Å². The van der Waals surface area contributed by atoms with Crippen LogP contribution in [0.3, 0.4) is 0 Å². The molecule has 11 nitrogen and oxygen atoms in total. The highest BCUT2D eigenvalue weighted by Crippen LogP contribution is 2.33. The Hall–Kier alpha value is -4.16. The van der Waals surface area contributed by atoms with E-state index in [1.54, 1.807) is 73.9 Å². The quantitative estimate of drug-likeness (QED) is 0.176. The average molecular weight is 613 g/mol. The zero-order valence-corrected chi connectivity index (χ0v) is 24.7. The standard InChI is InChI=1S/C29H33ClN6O5S/c1-2-40-27(37)20-42(38,39)36(15-4-7-21-6-3-8-22(18-21)28(31)32)23-9-10-26(25(30)19-23)41-24-11-16-35(17-12-24)29-33-13-5-14-34-29/h3-10,13-14,18-19,24H,2,11-12,15-17,20H2,1H3,(H3,31,32)/b7-4+. The molecule has 0 bridgehead atoms. The molecule has 0 spiro atoms. The van der Waals surface area contributed by atoms with E-state index in [0.29, 0.717) is 17.3 Å². The average Bonchev–Trinajstić information content (AvgIpc) is 2.97. The number of esters is 1. The van der Waals surface area contributed by atoms with Gasteiger partial charge in [-0.05, 0) is 42.8 Å². The molecule has 1 aliphatic heterocycles. The fraction of sp³-hybridized carbons (Fsp3) is 0.310. The van der Waals surface area contributed by atoms with E-state index < -0.39 is 21.7 Å². The summed E-state index contributed by atoms with van der Waals surface area (Å²) in [4.78, 5) is 22.8. The molecule has 222 valence electrons. The van der Waals surface area contributed by atoms with Crippen LogP contribution in [0.4, 0.5) is 11.6 Å². The van der Waals surface area contributed by atoms with Gasteiger partial charge in [-0.3, -0.25) is 14.5 Å². The van der Waals surface area contributed by atoms with Crippen molar-refractivity contribution in [3.8, 4) is 5.75 Å². The molecule has 0 radical (unpaired) electrons. The second-order valence-electron chi connectivity index (χ2n) is 9.50. The van der Waals surface area contributed by atoms with Gasteiger partial charge in [0.15, 0.2) is 5.75 Å². The zero-order valence-electron chi connectivity index (χ0n) is 23.1. The number of piperidine rings is 1. The number of carbonyl (C=O) groups excluding carboxylic acids is 1. The molecular weight excluding hydrogens is 580 g/mol. The Balaban J connectivity index is 1.49. The van der Waals surface area contributed by atoms with Gasteiger partial charge in [0, 0.05) is 43.9 Å². The lowest BCUT2D eigenvalue weighted by molar-refractivity contribution is -0.139. The Bertz CT molecular complexity index is 1530. The van der Waals surface area contributed by atoms with E-state index in [4.69, 9.17) is 32.2 Å². The first-order valence-corrected chi connectivity index (χ1v) is 15.4. The lowest BCUT2D eigenvalue weighted by Crippen LogP contribution is -2.39. The number of ether oxygens (including phenoxy) is 2. The first-order chi connectivity index (χ1) is 20.2. The molecule has 0 amide bonds. The number of halogens is 1. The van der Waals surface area contributed by atoms with Gasteiger partial charge >= 0.3 is 5.97 Å². The number of carbonyl (C=O) groups is 1. The molecular formula is C29H33ClN6O5S. The van der Waals surface area contributed by atoms with Gasteiger partial charge in [-0.2, -0.15) is 0 Å². The minimum atomic E-state index is -4.13. The van der Waals surface area contributed by atoms with Gasteiger partial charge in [0.25, 0.3) is 0 Å². The molecule has 0 saturated carbocycles. The van der Waals surface area contributed by atoms with E-state index in [1.165, 1.54) is 6.07 Å². The number of hydrogen-bond donors (Lipinski definition) is 2. The number of benzene rings is 2. The molecule has 2 heterocycles. The number of hydrogen-bond acceptors (Lipinski definition) is 9. The normalized spacial score (nSPS) is 14.1. The molecule has 1 aliphatic rings. The largest absolute Gasteiger partial charge is 0.489 e. The SMILES string of the molecule is CCOC(=O)CS(=O)(=O)N(C/C=C/c1cccc(C(=N)N)c1)c1ccc(OC2CCN(c3ncccn3)CC2)c(Cl)c1. The van der Waals surface area contributed by atoms with E-state index in [9.17, 15) is 13.2 Å². The topological polar surface area (TPSA) is 152 Å². The molecule has 1 aromatic heterocycles. The van der Waals surface area contributed by atoms with Crippen molar-refractivity contribution in [3.63, 3.8) is 0 Å². The predicted octanol–water partition coefficient (Wildman–Crippen LogP) is 3.87. The van der Waals surface area contributed by atoms with Gasteiger partial charge < -0.3 is 20.1 Å². The summed E-state index contributed by atoms with van der Waals surface area (Å²) in [7, 11) is -4.13. The summed E-state index contributed by atoms with van der Waals surface area (Å²) in [6.07, 6.45) is 8.19. The van der Waals surface area contributed by atoms with Crippen molar-refractivity contribution >= 4 is 51.1 Å². The highest BCUT2D eigenvalue weighted by atomic mass is 35.5. The van der Waals surface area contributed by atoms with Crippen LogP contribution in [0, 0.1) is 5.41 Å². The van der Waals surface area contributed by atoms with E-state index in [-0.39, 0.29) is 35.8 Å². The van der Waals surface area contributed by atoms with Crippen molar-refractivity contribution in [2.24, 2.45) is 5.73 Å². The molecule has 13 heteroatoms. The Morgan fingerprint density at radius 1 is 1.17 bits per heavy atom. The number of nitrogen functional groups attached to an aromatic ring is 1. The van der Waals surface area contributed by atoms with Crippen LogP contribution >= 0.6 is 11.6 Å². The van der Waals surface area contributed by atoms with Crippen LogP contribution in [0.15, 0.2) is 67.0 Å². The van der Waals surface area contributed by atoms with E-state index >= 15 is 0 Å². The van der Waals surface area contributed by atoms with Crippen molar-refractivity contribution in [2.45, 2.75) is 25.9 Å². The van der Waals surface area contributed by atoms with Crippen LogP contribution in [0.2, 0.25) is 5.02 Å². The Labute approximate surface area is 250 Å². The maximum Gasteiger partial charge on any atom is 0.323 e. The summed E-state index contributed by atoms with van der Waals surface area (Å²) in [5.74, 6) is -0.624. The number of anilines is 2. The minimum absolute atomic E-state index is 0.0654. The second-order valence-corrected chi connectivity index (χ2v) is 11.8. The second kappa shape index (κ2) is 14.1. The van der Waals surface area contributed by atoms with Crippen molar-refractivity contribution in [1.82, 2.24) is 9.97 Å². The summed E-state index contributed by atoms with van der Waals surface area (Å²) >= 11 is 6.58. The number of aromatic nitrogens is 2. The van der Waals surface area contributed by atoms with E-state index in [0.717, 1.165) is 35.8 Å². The van der Waals surface area contributed by atoms with Crippen LogP contribution in [0.25, 0.3) is 6.08 Å². The molecule has 42 heavy (non-hydrogen) atoms. The summed E-state index contributed by atoms with van der Waals surface area (Å²) in [6, 6.07) is 13.5. The molecule has 0 unspecified atom stereocenters. The Morgan fingerprint density at radius 2 is 1.90 bits per heavy atom. The maximum atomic E-state index is 13.3. The van der Waals surface area contributed by atoms with Crippen molar-refractivity contribution in [1.29, 1.82) is 5.41 Å². The highest BCUT2D eigenvalue weighted by molar-refractivity contribution is 7.93. The first kappa shape index (κ1) is 30.8. The number of nitrogens with one attached hydrogen (secondary N) is 1. The Morgan fingerprint density at radius 3 is 2.57 bits per heavy atom. The van der Waals surface area contributed by atoms with Crippen molar-refractivity contribution in [2.75, 3.05) is 41.2 Å². The molecule has 3 N–H and O–H groups in total. The van der Waals surface area contributed by atoms with Gasteiger partial charge in [0.05, 0.1) is 23.9 Å². The lowest BCUT2D eigenvalue weighted by atomic mass is 10.1. The van der Waals surface area contributed by atoms with Crippen LogP contribution < -0.4 is 19.7 Å². The third kappa shape index (κ3) is 8.20. The fourth-order valence-electron chi connectivity index (χ4n) is 4.45. The molecule has 1 saturated heterocycles. The smallest absolute Gasteiger partial charge is 0.323 e. The monoisotopic (exact) mass is 612 g/mol. The van der Waals surface area contributed by atoms with Crippen LogP contribution in [-0.2, 0) is 19.6 Å². The Kier molecular flexibility index (Phi) is 10.4. The summed E-state index contributed by atoms with van der Waals surface area (Å²) < 4.78 is 38.8. The number of sulfonamides is 1. The van der Waals surface area contributed by atoms with Gasteiger partial charge in [0.2, 0.25) is 16.0 Å². The third-order valence-electron chi connectivity index (χ3n) is 6.49. The van der Waals surface area contributed by atoms with Gasteiger partial charge in [-0.15, -0.1) is 0 Å². The summed E-state index contributed by atoms with van der Waals surface area (Å²) in [5, 5.41) is 7.87. The van der Waals surface area contributed by atoms with Gasteiger partial charge in [0.1, 0.15) is 17.7 Å². The van der Waals surface area contributed by atoms with Crippen LogP contribution in [-0.4, -0.2) is 68.3 Å². The van der Waals surface area contributed by atoms with Crippen molar-refractivity contribution in [3.05, 3.63) is 83.2 Å². The molecule has 0 atom stereocenters. The van der Waals surface area contributed by atoms with Crippen LogP contribution in [0.1, 0.15) is 30.9 Å². The fourth-order valence-corrected chi connectivity index (χ4v) is 5.96. The minimum Gasteiger partial charge on any atom is -0.489 e. The first-order valence-electron chi connectivity index (χ1n) is 13.4. The zero-order chi connectivity index (χ0) is 30.1. The molecule has 3 aromatic rings. The molecule has 2 aromatic carbocycles. The molecule has 0 aliphatic carbocycles. The molecule has 1 fully saturated rings.